The summed E-state index contributed by atoms with van der Waals surface area (Å²) in [5, 5.41) is 0.550. The van der Waals surface area contributed by atoms with Crippen LogP contribution in [0.3, 0.4) is 0 Å². The molecule has 1 aliphatic carbocycles. The summed E-state index contributed by atoms with van der Waals surface area (Å²) >= 11 is 3.48. The lowest BCUT2D eigenvalue weighted by atomic mass is 10.2. The molecule has 2 heterocycles. The third-order valence-electron chi connectivity index (χ3n) is 3.62. The number of anilines is 1. The van der Waals surface area contributed by atoms with Gasteiger partial charge in [-0.1, -0.05) is 0 Å². The number of hydrogen-bond donors (Lipinski definition) is 1. The van der Waals surface area contributed by atoms with E-state index in [4.69, 9.17) is 10.5 Å². The number of rotatable bonds is 2. The summed E-state index contributed by atoms with van der Waals surface area (Å²) in [6, 6.07) is 0. The lowest BCUT2D eigenvalue weighted by Gasteiger charge is -2.13. The molecular formula is C12H13BrN4O2. The average Bonchev–Trinajstić information content (AvgIpc) is 3.02. The van der Waals surface area contributed by atoms with Crippen LogP contribution in [0.4, 0.5) is 5.82 Å². The number of hydrogen-bond acceptors (Lipinski definition) is 5. The quantitative estimate of drug-likeness (QED) is 0.855. The van der Waals surface area contributed by atoms with Gasteiger partial charge in [0.2, 0.25) is 0 Å². The predicted molar refractivity (Wildman–Crippen MR) is 73.9 cm³/mol. The number of carbonyl (C=O) groups is 1. The summed E-state index contributed by atoms with van der Waals surface area (Å²) in [7, 11) is 1.34. The Morgan fingerprint density at radius 1 is 1.53 bits per heavy atom. The van der Waals surface area contributed by atoms with Gasteiger partial charge >= 0.3 is 5.97 Å². The molecule has 1 saturated carbocycles. The largest absolute Gasteiger partial charge is 0.465 e. The van der Waals surface area contributed by atoms with Crippen molar-refractivity contribution in [2.24, 2.45) is 0 Å². The fraction of sp³-hybridized carbons (Fsp3) is 0.417. The summed E-state index contributed by atoms with van der Waals surface area (Å²) in [5.74, 6) is -0.157. The van der Waals surface area contributed by atoms with Crippen molar-refractivity contribution < 1.29 is 9.53 Å². The number of nitrogen functional groups attached to an aromatic ring is 1. The molecule has 1 aliphatic rings. The second kappa shape index (κ2) is 3.93. The van der Waals surface area contributed by atoms with E-state index in [1.54, 1.807) is 0 Å². The maximum Gasteiger partial charge on any atom is 0.341 e. The Bertz CT molecular complexity index is 691. The van der Waals surface area contributed by atoms with E-state index in [0.29, 0.717) is 21.2 Å². The van der Waals surface area contributed by atoms with E-state index < -0.39 is 5.97 Å². The number of halogens is 1. The molecule has 0 aliphatic heterocycles. The van der Waals surface area contributed by atoms with E-state index in [1.165, 1.54) is 13.4 Å². The Hall–Kier alpha value is -1.63. The molecule has 0 aromatic carbocycles. The molecule has 0 atom stereocenters. The number of methoxy groups -OCH3 is 1. The van der Waals surface area contributed by atoms with E-state index in [1.807, 2.05) is 4.57 Å². The van der Waals surface area contributed by atoms with Crippen molar-refractivity contribution in [3.05, 3.63) is 16.5 Å². The van der Waals surface area contributed by atoms with Crippen molar-refractivity contribution in [2.45, 2.75) is 25.3 Å². The summed E-state index contributed by atoms with van der Waals surface area (Å²) in [4.78, 5) is 20.2. The first-order chi connectivity index (χ1) is 8.99. The summed E-state index contributed by atoms with van der Waals surface area (Å²) in [6.45, 7) is 2.12. The number of carbonyl (C=O) groups excluding carboxylic acids is 1. The van der Waals surface area contributed by atoms with Crippen LogP contribution in [-0.2, 0) is 10.3 Å². The van der Waals surface area contributed by atoms with Gasteiger partial charge in [-0.05, 0) is 35.7 Å². The molecule has 3 rings (SSSR count). The Balaban J connectivity index is 2.42. The number of nitrogens with two attached hydrogens (primary N) is 1. The second-order valence-corrected chi connectivity index (χ2v) is 5.70. The average molecular weight is 325 g/mol. The summed E-state index contributed by atoms with van der Waals surface area (Å²) in [5.41, 5.74) is 6.94. The minimum atomic E-state index is -0.443. The topological polar surface area (TPSA) is 83.0 Å². The molecule has 0 amide bonds. The molecule has 0 bridgehead atoms. The van der Waals surface area contributed by atoms with Crippen molar-refractivity contribution in [1.82, 2.24) is 14.5 Å². The minimum absolute atomic E-state index is 0.0237. The van der Waals surface area contributed by atoms with E-state index in [2.05, 4.69) is 32.8 Å². The standard InChI is InChI=1S/C12H13BrN4O2/c1-12(3-4-12)17-8(13)6(11(18)19-2)7-9(14)15-5-16-10(7)17/h5H,3-4H2,1-2H3,(H2,14,15,16). The lowest BCUT2D eigenvalue weighted by Crippen LogP contribution is -2.13. The Morgan fingerprint density at radius 2 is 2.21 bits per heavy atom. The zero-order chi connectivity index (χ0) is 13.8. The highest BCUT2D eigenvalue weighted by molar-refractivity contribution is 9.10. The Morgan fingerprint density at radius 3 is 2.79 bits per heavy atom. The van der Waals surface area contributed by atoms with E-state index in [-0.39, 0.29) is 11.4 Å². The van der Waals surface area contributed by atoms with Gasteiger partial charge in [-0.3, -0.25) is 0 Å². The molecule has 0 radical (unpaired) electrons. The highest BCUT2D eigenvalue weighted by Gasteiger charge is 2.43. The highest BCUT2D eigenvalue weighted by atomic mass is 79.9. The maximum atomic E-state index is 12.0. The smallest absolute Gasteiger partial charge is 0.341 e. The van der Waals surface area contributed by atoms with E-state index >= 15 is 0 Å². The van der Waals surface area contributed by atoms with Crippen molar-refractivity contribution >= 4 is 38.8 Å². The number of esters is 1. The van der Waals surface area contributed by atoms with Gasteiger partial charge < -0.3 is 15.0 Å². The molecule has 2 aromatic rings. The van der Waals surface area contributed by atoms with Crippen molar-refractivity contribution in [3.63, 3.8) is 0 Å². The predicted octanol–water partition coefficient (Wildman–Crippen LogP) is 2.07. The third kappa shape index (κ3) is 1.64. The molecule has 7 heteroatoms. The van der Waals surface area contributed by atoms with Gasteiger partial charge in [0.1, 0.15) is 28.0 Å². The van der Waals surface area contributed by atoms with Crippen LogP contribution in [0.2, 0.25) is 0 Å². The second-order valence-electron chi connectivity index (χ2n) is 4.95. The van der Waals surface area contributed by atoms with Crippen LogP contribution in [0.15, 0.2) is 10.9 Å². The Labute approximate surface area is 118 Å². The van der Waals surface area contributed by atoms with E-state index in [9.17, 15) is 4.79 Å². The molecule has 6 nitrogen and oxygen atoms in total. The molecule has 2 aromatic heterocycles. The molecular weight excluding hydrogens is 312 g/mol. The van der Waals surface area contributed by atoms with Gasteiger partial charge in [-0.15, -0.1) is 0 Å². The zero-order valence-corrected chi connectivity index (χ0v) is 12.2. The molecule has 100 valence electrons. The SMILES string of the molecule is COC(=O)c1c(Br)n(C2(C)CC2)c2ncnc(N)c12. The number of aromatic nitrogens is 3. The summed E-state index contributed by atoms with van der Waals surface area (Å²) in [6.07, 6.45) is 3.49. The number of fused-ring (bicyclic) bond motifs is 1. The first-order valence-electron chi connectivity index (χ1n) is 5.89. The van der Waals surface area contributed by atoms with Gasteiger partial charge in [0, 0.05) is 5.54 Å². The van der Waals surface area contributed by atoms with Gasteiger partial charge in [-0.25, -0.2) is 14.8 Å². The molecule has 0 saturated heterocycles. The Kier molecular flexibility index (Phi) is 2.57. The van der Waals surface area contributed by atoms with Crippen LogP contribution in [0, 0.1) is 0 Å². The zero-order valence-electron chi connectivity index (χ0n) is 10.6. The van der Waals surface area contributed by atoms with Crippen LogP contribution in [0.5, 0.6) is 0 Å². The van der Waals surface area contributed by atoms with Crippen LogP contribution >= 0.6 is 15.9 Å². The summed E-state index contributed by atoms with van der Waals surface area (Å²) < 4.78 is 7.49. The molecule has 19 heavy (non-hydrogen) atoms. The molecule has 0 spiro atoms. The fourth-order valence-electron chi connectivity index (χ4n) is 2.29. The van der Waals surface area contributed by atoms with Gasteiger partial charge in [0.15, 0.2) is 0 Å². The monoisotopic (exact) mass is 324 g/mol. The lowest BCUT2D eigenvalue weighted by molar-refractivity contribution is 0.0601. The van der Waals surface area contributed by atoms with Gasteiger partial charge in [0.25, 0.3) is 0 Å². The van der Waals surface area contributed by atoms with Crippen LogP contribution in [-0.4, -0.2) is 27.6 Å². The first kappa shape index (κ1) is 12.4. The first-order valence-corrected chi connectivity index (χ1v) is 6.68. The minimum Gasteiger partial charge on any atom is -0.465 e. The third-order valence-corrected chi connectivity index (χ3v) is 4.38. The van der Waals surface area contributed by atoms with Crippen LogP contribution in [0.1, 0.15) is 30.1 Å². The van der Waals surface area contributed by atoms with Crippen molar-refractivity contribution in [3.8, 4) is 0 Å². The van der Waals surface area contributed by atoms with Crippen molar-refractivity contribution in [1.29, 1.82) is 0 Å². The van der Waals surface area contributed by atoms with Gasteiger partial charge in [-0.2, -0.15) is 0 Å². The van der Waals surface area contributed by atoms with Crippen molar-refractivity contribution in [2.75, 3.05) is 12.8 Å². The van der Waals surface area contributed by atoms with Crippen LogP contribution in [0.25, 0.3) is 11.0 Å². The highest BCUT2D eigenvalue weighted by Crippen LogP contribution is 2.48. The van der Waals surface area contributed by atoms with E-state index in [0.717, 1.165) is 12.8 Å². The molecule has 0 unspecified atom stereocenters. The normalized spacial score (nSPS) is 16.6. The molecule has 2 N–H and O–H groups in total. The van der Waals surface area contributed by atoms with Gasteiger partial charge in [0.05, 0.1) is 12.5 Å². The number of ether oxygens (including phenoxy) is 1. The molecule has 1 fully saturated rings. The van der Waals surface area contributed by atoms with Crippen LogP contribution < -0.4 is 5.73 Å². The maximum absolute atomic E-state index is 12.0. The fourth-order valence-corrected chi connectivity index (χ4v) is 3.25. The number of nitrogens with zero attached hydrogens (tertiary/aromatic N) is 3.